The Balaban J connectivity index is 1.89. The number of nitrogens with one attached hydrogen (secondary N) is 2. The summed E-state index contributed by atoms with van der Waals surface area (Å²) in [6.45, 7) is 0.321. The first-order chi connectivity index (χ1) is 10.1. The zero-order chi connectivity index (χ0) is 15.2. The smallest absolute Gasteiger partial charge is 0.319 e. The van der Waals surface area contributed by atoms with Gasteiger partial charge in [0, 0.05) is 12.2 Å². The number of urea groups is 1. The number of benzene rings is 2. The molecule has 0 atom stereocenters. The van der Waals surface area contributed by atoms with Crippen LogP contribution in [0.15, 0.2) is 42.5 Å². The Labute approximate surface area is 121 Å². The SMILES string of the molecule is COc1ccc(CNC(=O)Nc2ccc(F)cc2)cc1N. The second kappa shape index (κ2) is 6.60. The molecule has 5 nitrogen and oxygen atoms in total. The minimum absolute atomic E-state index is 0.321. The fraction of sp³-hybridized carbons (Fsp3) is 0.133. The molecule has 0 bridgehead atoms. The molecule has 0 aliphatic rings. The second-order valence-corrected chi connectivity index (χ2v) is 4.39. The van der Waals surface area contributed by atoms with Gasteiger partial charge in [0.2, 0.25) is 0 Å². The van der Waals surface area contributed by atoms with Crippen molar-refractivity contribution in [1.29, 1.82) is 0 Å². The molecule has 2 aromatic carbocycles. The zero-order valence-corrected chi connectivity index (χ0v) is 11.5. The van der Waals surface area contributed by atoms with Crippen molar-refractivity contribution in [2.24, 2.45) is 0 Å². The third-order valence-electron chi connectivity index (χ3n) is 2.85. The molecule has 0 aliphatic carbocycles. The van der Waals surface area contributed by atoms with Gasteiger partial charge in [-0.3, -0.25) is 0 Å². The maximum Gasteiger partial charge on any atom is 0.319 e. The number of anilines is 2. The Morgan fingerprint density at radius 1 is 1.24 bits per heavy atom. The molecule has 0 aliphatic heterocycles. The third-order valence-corrected chi connectivity index (χ3v) is 2.85. The van der Waals surface area contributed by atoms with Crippen LogP contribution in [0.3, 0.4) is 0 Å². The lowest BCUT2D eigenvalue weighted by molar-refractivity contribution is 0.251. The van der Waals surface area contributed by atoms with E-state index in [-0.39, 0.29) is 11.8 Å². The van der Waals surface area contributed by atoms with Crippen molar-refractivity contribution in [3.8, 4) is 5.75 Å². The highest BCUT2D eigenvalue weighted by atomic mass is 19.1. The number of carbonyl (C=O) groups excluding carboxylic acids is 1. The van der Waals surface area contributed by atoms with Crippen molar-refractivity contribution >= 4 is 17.4 Å². The summed E-state index contributed by atoms with van der Waals surface area (Å²) >= 11 is 0. The van der Waals surface area contributed by atoms with Crippen molar-refractivity contribution in [3.63, 3.8) is 0 Å². The first kappa shape index (κ1) is 14.6. The van der Waals surface area contributed by atoms with Crippen molar-refractivity contribution in [1.82, 2.24) is 5.32 Å². The number of carbonyl (C=O) groups is 1. The van der Waals surface area contributed by atoms with Gasteiger partial charge in [0.1, 0.15) is 11.6 Å². The summed E-state index contributed by atoms with van der Waals surface area (Å²) in [6.07, 6.45) is 0. The molecule has 0 spiro atoms. The highest BCUT2D eigenvalue weighted by Crippen LogP contribution is 2.21. The van der Waals surface area contributed by atoms with E-state index in [9.17, 15) is 9.18 Å². The maximum absolute atomic E-state index is 12.7. The molecule has 21 heavy (non-hydrogen) atoms. The average molecular weight is 289 g/mol. The fourth-order valence-corrected chi connectivity index (χ4v) is 1.78. The maximum atomic E-state index is 12.7. The van der Waals surface area contributed by atoms with Crippen LogP contribution in [0.4, 0.5) is 20.6 Å². The Morgan fingerprint density at radius 3 is 2.57 bits per heavy atom. The molecule has 0 radical (unpaired) electrons. The van der Waals surface area contributed by atoms with Gasteiger partial charge in [0.25, 0.3) is 0 Å². The average Bonchev–Trinajstić information content (AvgIpc) is 2.48. The molecule has 110 valence electrons. The van der Waals surface area contributed by atoms with Crippen LogP contribution in [-0.4, -0.2) is 13.1 Å². The second-order valence-electron chi connectivity index (χ2n) is 4.39. The van der Waals surface area contributed by atoms with Crippen LogP contribution in [0.5, 0.6) is 5.75 Å². The van der Waals surface area contributed by atoms with Gasteiger partial charge in [-0.1, -0.05) is 6.07 Å². The molecule has 0 heterocycles. The Kier molecular flexibility index (Phi) is 4.61. The van der Waals surface area contributed by atoms with Crippen LogP contribution in [-0.2, 0) is 6.54 Å². The minimum atomic E-state index is -0.379. The molecule has 0 aromatic heterocycles. The van der Waals surface area contributed by atoms with Gasteiger partial charge in [-0.2, -0.15) is 0 Å². The molecule has 0 saturated carbocycles. The molecular weight excluding hydrogens is 273 g/mol. The van der Waals surface area contributed by atoms with Gasteiger partial charge in [0.15, 0.2) is 0 Å². The number of hydrogen-bond acceptors (Lipinski definition) is 3. The predicted molar refractivity (Wildman–Crippen MR) is 79.7 cm³/mol. The van der Waals surface area contributed by atoms with Crippen LogP contribution in [0.2, 0.25) is 0 Å². The van der Waals surface area contributed by atoms with Crippen LogP contribution in [0.1, 0.15) is 5.56 Å². The van der Waals surface area contributed by atoms with E-state index >= 15 is 0 Å². The van der Waals surface area contributed by atoms with E-state index in [2.05, 4.69) is 10.6 Å². The van der Waals surface area contributed by atoms with Crippen molar-refractivity contribution in [2.45, 2.75) is 6.54 Å². The largest absolute Gasteiger partial charge is 0.495 e. The monoisotopic (exact) mass is 289 g/mol. The summed E-state index contributed by atoms with van der Waals surface area (Å²) in [6, 6.07) is 10.4. The summed E-state index contributed by atoms with van der Waals surface area (Å²) < 4.78 is 17.8. The number of hydrogen-bond donors (Lipinski definition) is 3. The van der Waals surface area contributed by atoms with Crippen molar-refractivity contribution < 1.29 is 13.9 Å². The number of halogens is 1. The highest BCUT2D eigenvalue weighted by Gasteiger charge is 2.04. The van der Waals surface area contributed by atoms with Crippen LogP contribution in [0.25, 0.3) is 0 Å². The molecular formula is C15H16FN3O2. The number of ether oxygens (including phenoxy) is 1. The van der Waals surface area contributed by atoms with E-state index in [0.717, 1.165) is 5.56 Å². The Bertz CT molecular complexity index is 629. The summed E-state index contributed by atoms with van der Waals surface area (Å²) in [5, 5.41) is 5.29. The van der Waals surface area contributed by atoms with E-state index in [1.165, 1.54) is 24.3 Å². The molecule has 2 aromatic rings. The number of nitrogen functional groups attached to an aromatic ring is 1. The van der Waals surface area contributed by atoms with E-state index in [0.29, 0.717) is 23.7 Å². The van der Waals surface area contributed by atoms with Gasteiger partial charge in [-0.25, -0.2) is 9.18 Å². The van der Waals surface area contributed by atoms with Gasteiger partial charge in [-0.15, -0.1) is 0 Å². The lowest BCUT2D eigenvalue weighted by Crippen LogP contribution is -2.28. The van der Waals surface area contributed by atoms with Gasteiger partial charge in [0.05, 0.1) is 12.8 Å². The molecule has 4 N–H and O–H groups in total. The van der Waals surface area contributed by atoms with Gasteiger partial charge >= 0.3 is 6.03 Å². The number of rotatable bonds is 4. The van der Waals surface area contributed by atoms with Crippen LogP contribution in [0, 0.1) is 5.82 Å². The fourth-order valence-electron chi connectivity index (χ4n) is 1.78. The lowest BCUT2D eigenvalue weighted by Gasteiger charge is -2.09. The lowest BCUT2D eigenvalue weighted by atomic mass is 10.2. The minimum Gasteiger partial charge on any atom is -0.495 e. The number of methoxy groups -OCH3 is 1. The molecule has 0 unspecified atom stereocenters. The summed E-state index contributed by atoms with van der Waals surface area (Å²) in [5.41, 5.74) is 7.66. The van der Waals surface area contributed by atoms with Crippen molar-refractivity contribution in [2.75, 3.05) is 18.2 Å². The standard InChI is InChI=1S/C15H16FN3O2/c1-21-14-7-2-10(8-13(14)17)9-18-15(20)19-12-5-3-11(16)4-6-12/h2-8H,9,17H2,1H3,(H2,18,19,20). The Hall–Kier alpha value is -2.76. The molecule has 6 heteroatoms. The molecule has 2 amide bonds. The zero-order valence-electron chi connectivity index (χ0n) is 11.5. The number of nitrogens with two attached hydrogens (primary N) is 1. The van der Waals surface area contributed by atoms with E-state index < -0.39 is 0 Å². The quantitative estimate of drug-likeness (QED) is 0.757. The predicted octanol–water partition coefficient (Wildman–Crippen LogP) is 2.74. The van der Waals surface area contributed by atoms with E-state index in [1.54, 1.807) is 19.2 Å². The van der Waals surface area contributed by atoms with Gasteiger partial charge in [-0.05, 0) is 42.0 Å². The van der Waals surface area contributed by atoms with Crippen LogP contribution >= 0.6 is 0 Å². The first-order valence-corrected chi connectivity index (χ1v) is 6.31. The number of amides is 2. The summed E-state index contributed by atoms with van der Waals surface area (Å²) in [5.74, 6) is 0.240. The van der Waals surface area contributed by atoms with Crippen molar-refractivity contribution in [3.05, 3.63) is 53.8 Å². The Morgan fingerprint density at radius 2 is 1.95 bits per heavy atom. The molecule has 0 fully saturated rings. The first-order valence-electron chi connectivity index (χ1n) is 6.31. The van der Waals surface area contributed by atoms with Crippen LogP contribution < -0.4 is 21.1 Å². The van der Waals surface area contributed by atoms with E-state index in [1.807, 2.05) is 6.07 Å². The third kappa shape index (κ3) is 4.10. The summed E-state index contributed by atoms with van der Waals surface area (Å²) in [7, 11) is 1.54. The molecule has 0 saturated heterocycles. The normalized spacial score (nSPS) is 10.0. The topological polar surface area (TPSA) is 76.4 Å². The summed E-state index contributed by atoms with van der Waals surface area (Å²) in [4.78, 5) is 11.7. The van der Waals surface area contributed by atoms with E-state index in [4.69, 9.17) is 10.5 Å². The van der Waals surface area contributed by atoms with Gasteiger partial charge < -0.3 is 21.1 Å². The molecule has 2 rings (SSSR count). The highest BCUT2D eigenvalue weighted by molar-refractivity contribution is 5.89.